The van der Waals surface area contributed by atoms with E-state index in [4.69, 9.17) is 4.74 Å². The first-order chi connectivity index (χ1) is 8.66. The number of carbonyl (C=O) groups is 1. The summed E-state index contributed by atoms with van der Waals surface area (Å²) in [5, 5.41) is 3.38. The summed E-state index contributed by atoms with van der Waals surface area (Å²) < 4.78 is 5.50. The first-order valence-electron chi connectivity index (χ1n) is 7.29. The largest absolute Gasteiger partial charge is 0.381 e. The minimum atomic E-state index is 0.0308. The van der Waals surface area contributed by atoms with Gasteiger partial charge in [-0.05, 0) is 31.6 Å². The molecule has 0 aromatic carbocycles. The quantitative estimate of drug-likeness (QED) is 0.824. The normalized spacial score (nSPS) is 29.9. The molecule has 4 nitrogen and oxygen atoms in total. The van der Waals surface area contributed by atoms with Crippen LogP contribution in [0.4, 0.5) is 0 Å². The van der Waals surface area contributed by atoms with Crippen LogP contribution in [-0.2, 0) is 9.53 Å². The summed E-state index contributed by atoms with van der Waals surface area (Å²) in [6, 6.07) is 0.403. The van der Waals surface area contributed by atoms with Crippen molar-refractivity contribution in [3.8, 4) is 0 Å². The van der Waals surface area contributed by atoms with E-state index < -0.39 is 0 Å². The van der Waals surface area contributed by atoms with Crippen LogP contribution in [0.15, 0.2) is 0 Å². The summed E-state index contributed by atoms with van der Waals surface area (Å²) in [5.74, 6) is 0.834. The van der Waals surface area contributed by atoms with Crippen LogP contribution in [-0.4, -0.2) is 49.2 Å². The smallest absolute Gasteiger partial charge is 0.239 e. The molecule has 2 aliphatic rings. The van der Waals surface area contributed by atoms with Gasteiger partial charge in [-0.1, -0.05) is 13.8 Å². The van der Waals surface area contributed by atoms with Crippen LogP contribution in [0.3, 0.4) is 0 Å². The summed E-state index contributed by atoms with van der Waals surface area (Å²) in [7, 11) is 0. The molecule has 0 aromatic rings. The zero-order valence-electron chi connectivity index (χ0n) is 11.7. The van der Waals surface area contributed by atoms with Crippen molar-refractivity contribution in [3.05, 3.63) is 0 Å². The van der Waals surface area contributed by atoms with Crippen molar-refractivity contribution >= 4 is 5.91 Å². The molecule has 18 heavy (non-hydrogen) atoms. The lowest BCUT2D eigenvalue weighted by atomic mass is 9.98. The second-order valence-electron chi connectivity index (χ2n) is 5.88. The Balaban J connectivity index is 1.85. The lowest BCUT2D eigenvalue weighted by molar-refractivity contribution is -0.137. The van der Waals surface area contributed by atoms with Gasteiger partial charge in [0.25, 0.3) is 0 Å². The first kappa shape index (κ1) is 13.8. The molecule has 2 unspecified atom stereocenters. The van der Waals surface area contributed by atoms with Crippen LogP contribution in [0.25, 0.3) is 0 Å². The molecule has 104 valence electrons. The molecule has 2 rings (SSSR count). The average molecular weight is 254 g/mol. The van der Waals surface area contributed by atoms with Gasteiger partial charge in [-0.25, -0.2) is 0 Å². The second kappa shape index (κ2) is 6.53. The molecule has 1 N–H and O–H groups in total. The Hall–Kier alpha value is -0.610. The third-order valence-corrected chi connectivity index (χ3v) is 3.80. The highest BCUT2D eigenvalue weighted by molar-refractivity contribution is 5.82. The number of carbonyl (C=O) groups excluding carboxylic acids is 1. The van der Waals surface area contributed by atoms with E-state index in [1.807, 2.05) is 4.90 Å². The number of nitrogens with zero attached hydrogens (tertiary/aromatic N) is 1. The van der Waals surface area contributed by atoms with Gasteiger partial charge in [-0.3, -0.25) is 4.79 Å². The van der Waals surface area contributed by atoms with E-state index in [0.29, 0.717) is 17.9 Å². The highest BCUT2D eigenvalue weighted by atomic mass is 16.5. The third-order valence-electron chi connectivity index (χ3n) is 3.80. The van der Waals surface area contributed by atoms with Crippen LogP contribution in [0, 0.1) is 5.92 Å². The number of nitrogens with one attached hydrogen (secondary N) is 1. The molecule has 2 fully saturated rings. The van der Waals surface area contributed by atoms with E-state index in [-0.39, 0.29) is 6.04 Å². The van der Waals surface area contributed by atoms with E-state index in [0.717, 1.165) is 45.6 Å². The molecule has 1 amide bonds. The second-order valence-corrected chi connectivity index (χ2v) is 5.88. The Labute approximate surface area is 110 Å². The number of amides is 1. The standard InChI is InChI=1S/C14H26N2O2/c1-11(2)15-13-6-3-7-16(14(13)17)9-12-5-4-8-18-10-12/h11-13,15H,3-10H2,1-2H3. The van der Waals surface area contributed by atoms with Crippen molar-refractivity contribution in [2.75, 3.05) is 26.3 Å². The molecule has 2 atom stereocenters. The number of ether oxygens (including phenoxy) is 1. The van der Waals surface area contributed by atoms with Crippen LogP contribution in [0.5, 0.6) is 0 Å². The highest BCUT2D eigenvalue weighted by Crippen LogP contribution is 2.19. The Morgan fingerprint density at radius 3 is 2.89 bits per heavy atom. The van der Waals surface area contributed by atoms with E-state index >= 15 is 0 Å². The first-order valence-corrected chi connectivity index (χ1v) is 7.29. The highest BCUT2D eigenvalue weighted by Gasteiger charge is 2.30. The molecule has 0 radical (unpaired) electrons. The number of hydrogen-bond donors (Lipinski definition) is 1. The van der Waals surface area contributed by atoms with E-state index in [2.05, 4.69) is 19.2 Å². The van der Waals surface area contributed by atoms with Gasteiger partial charge in [0, 0.05) is 25.7 Å². The monoisotopic (exact) mass is 254 g/mol. The Morgan fingerprint density at radius 1 is 1.39 bits per heavy atom. The van der Waals surface area contributed by atoms with E-state index in [1.165, 1.54) is 6.42 Å². The van der Waals surface area contributed by atoms with Crippen molar-refractivity contribution in [2.45, 2.75) is 51.6 Å². The summed E-state index contributed by atoms with van der Waals surface area (Å²) in [6.07, 6.45) is 4.44. The van der Waals surface area contributed by atoms with Crippen LogP contribution in [0.2, 0.25) is 0 Å². The SMILES string of the molecule is CC(C)NC1CCCN(CC2CCCOC2)C1=O. The van der Waals surface area contributed by atoms with Gasteiger partial charge in [0.2, 0.25) is 5.91 Å². The van der Waals surface area contributed by atoms with Crippen LogP contribution < -0.4 is 5.32 Å². The van der Waals surface area contributed by atoms with Gasteiger partial charge in [0.1, 0.15) is 0 Å². The molecule has 4 heteroatoms. The van der Waals surface area contributed by atoms with Crippen molar-refractivity contribution in [2.24, 2.45) is 5.92 Å². The molecule has 0 aromatic heterocycles. The summed E-state index contributed by atoms with van der Waals surface area (Å²) in [6.45, 7) is 7.72. The van der Waals surface area contributed by atoms with Gasteiger partial charge < -0.3 is 15.0 Å². The predicted molar refractivity (Wildman–Crippen MR) is 71.4 cm³/mol. The lowest BCUT2D eigenvalue weighted by Gasteiger charge is -2.36. The minimum absolute atomic E-state index is 0.0308. The van der Waals surface area contributed by atoms with Crippen LogP contribution in [0.1, 0.15) is 39.5 Å². The van der Waals surface area contributed by atoms with Gasteiger partial charge >= 0.3 is 0 Å². The molecular formula is C14H26N2O2. The fourth-order valence-electron chi connectivity index (χ4n) is 2.94. The van der Waals surface area contributed by atoms with Crippen molar-refractivity contribution in [3.63, 3.8) is 0 Å². The molecule has 0 aliphatic carbocycles. The topological polar surface area (TPSA) is 41.6 Å². The number of likely N-dealkylation sites (tertiary alicyclic amines) is 1. The number of piperidine rings is 1. The van der Waals surface area contributed by atoms with Gasteiger partial charge in [0.05, 0.1) is 12.6 Å². The fraction of sp³-hybridized carbons (Fsp3) is 0.929. The third kappa shape index (κ3) is 3.69. The van der Waals surface area contributed by atoms with Crippen molar-refractivity contribution in [1.82, 2.24) is 10.2 Å². The summed E-state index contributed by atoms with van der Waals surface area (Å²) in [5.41, 5.74) is 0. The number of hydrogen-bond acceptors (Lipinski definition) is 3. The maximum atomic E-state index is 12.4. The minimum Gasteiger partial charge on any atom is -0.381 e. The molecule has 2 aliphatic heterocycles. The fourth-order valence-corrected chi connectivity index (χ4v) is 2.94. The molecule has 2 heterocycles. The van der Waals surface area contributed by atoms with Gasteiger partial charge in [0.15, 0.2) is 0 Å². The summed E-state index contributed by atoms with van der Waals surface area (Å²) in [4.78, 5) is 14.4. The van der Waals surface area contributed by atoms with E-state index in [9.17, 15) is 4.79 Å². The Bertz CT molecular complexity index is 275. The molecular weight excluding hydrogens is 228 g/mol. The lowest BCUT2D eigenvalue weighted by Crippen LogP contribution is -2.53. The van der Waals surface area contributed by atoms with Gasteiger partial charge in [-0.2, -0.15) is 0 Å². The maximum Gasteiger partial charge on any atom is 0.239 e. The van der Waals surface area contributed by atoms with Crippen molar-refractivity contribution < 1.29 is 9.53 Å². The zero-order valence-corrected chi connectivity index (χ0v) is 11.7. The molecule has 0 spiro atoms. The Kier molecular flexibility index (Phi) is 5.01. The summed E-state index contributed by atoms with van der Waals surface area (Å²) >= 11 is 0. The van der Waals surface area contributed by atoms with E-state index in [1.54, 1.807) is 0 Å². The average Bonchev–Trinajstić information content (AvgIpc) is 2.35. The maximum absolute atomic E-state index is 12.4. The van der Waals surface area contributed by atoms with Crippen LogP contribution >= 0.6 is 0 Å². The molecule has 0 saturated carbocycles. The number of rotatable bonds is 4. The predicted octanol–water partition coefficient (Wildman–Crippen LogP) is 1.40. The van der Waals surface area contributed by atoms with Gasteiger partial charge in [-0.15, -0.1) is 0 Å². The molecule has 2 saturated heterocycles. The Morgan fingerprint density at radius 2 is 2.22 bits per heavy atom. The molecule has 0 bridgehead atoms. The van der Waals surface area contributed by atoms with Crippen molar-refractivity contribution in [1.29, 1.82) is 0 Å². The zero-order chi connectivity index (χ0) is 13.0.